The van der Waals surface area contributed by atoms with Crippen molar-refractivity contribution in [1.29, 1.82) is 0 Å². The highest BCUT2D eigenvalue weighted by Crippen LogP contribution is 2.37. The number of benzene rings is 2. The van der Waals surface area contributed by atoms with Crippen molar-refractivity contribution in [2.75, 3.05) is 13.9 Å². The fourth-order valence-corrected chi connectivity index (χ4v) is 3.39. The molecule has 3 heteroatoms. The van der Waals surface area contributed by atoms with Crippen LogP contribution in [0.5, 0.6) is 5.75 Å². The second-order valence-electron chi connectivity index (χ2n) is 6.50. The zero-order valence-corrected chi connectivity index (χ0v) is 17.3. The Hall–Kier alpha value is -1.58. The maximum Gasteiger partial charge on any atom is 0.188 e. The van der Waals surface area contributed by atoms with Gasteiger partial charge in [-0.25, -0.2) is 0 Å². The highest BCUT2D eigenvalue weighted by Gasteiger charge is 2.16. The predicted octanol–water partition coefficient (Wildman–Crippen LogP) is 6.45. The lowest BCUT2D eigenvalue weighted by Gasteiger charge is -2.19. The Morgan fingerprint density at radius 3 is 2.56 bits per heavy atom. The molecule has 2 nitrogen and oxygen atoms in total. The summed E-state index contributed by atoms with van der Waals surface area (Å²) in [6.45, 7) is 8.92. The molecule has 134 valence electrons. The van der Waals surface area contributed by atoms with Crippen molar-refractivity contribution in [1.82, 2.24) is 0 Å². The Labute approximate surface area is 160 Å². The average Bonchev–Trinajstić information content (AvgIpc) is 2.61. The van der Waals surface area contributed by atoms with Crippen LogP contribution in [0.2, 0.25) is 0 Å². The molecule has 0 saturated carbocycles. The van der Waals surface area contributed by atoms with Crippen LogP contribution in [-0.2, 0) is 11.2 Å². The number of halogens is 1. The Balaban J connectivity index is 2.62. The molecule has 0 aliphatic rings. The molecule has 0 aliphatic carbocycles. The minimum absolute atomic E-state index is 0.236. The number of hydrogen-bond donors (Lipinski definition) is 0. The molecule has 0 atom stereocenters. The minimum Gasteiger partial charge on any atom is -0.467 e. The summed E-state index contributed by atoms with van der Waals surface area (Å²) in [7, 11) is 1.64. The van der Waals surface area contributed by atoms with Gasteiger partial charge in [0.05, 0.1) is 0 Å². The van der Waals surface area contributed by atoms with Gasteiger partial charge in [-0.05, 0) is 58.1 Å². The van der Waals surface area contributed by atoms with E-state index in [2.05, 4.69) is 80.0 Å². The number of aryl methyl sites for hydroxylation is 2. The van der Waals surface area contributed by atoms with E-state index in [1.54, 1.807) is 7.11 Å². The quantitative estimate of drug-likeness (QED) is 0.495. The monoisotopic (exact) mass is 402 g/mol. The lowest BCUT2D eigenvalue weighted by atomic mass is 9.91. The number of hydrogen-bond acceptors (Lipinski definition) is 2. The third-order valence-electron chi connectivity index (χ3n) is 4.33. The van der Waals surface area contributed by atoms with Gasteiger partial charge in [0.25, 0.3) is 0 Å². The van der Waals surface area contributed by atoms with Gasteiger partial charge in [0, 0.05) is 12.7 Å². The molecule has 0 unspecified atom stereocenters. The molecule has 0 fully saturated rings. The first-order chi connectivity index (χ1) is 12.0. The van der Waals surface area contributed by atoms with Gasteiger partial charge in [-0.1, -0.05) is 67.0 Å². The maximum absolute atomic E-state index is 5.93. The Kier molecular flexibility index (Phi) is 7.27. The molecular formula is C22H27BrO2. The normalized spacial score (nSPS) is 11.9. The largest absolute Gasteiger partial charge is 0.467 e. The predicted molar refractivity (Wildman–Crippen MR) is 110 cm³/mol. The number of rotatable bonds is 7. The molecule has 0 N–H and O–H groups in total. The van der Waals surface area contributed by atoms with Crippen molar-refractivity contribution < 1.29 is 9.47 Å². The molecule has 0 saturated heterocycles. The zero-order chi connectivity index (χ0) is 18.4. The highest BCUT2D eigenvalue weighted by atomic mass is 79.9. The molecule has 0 amide bonds. The number of methoxy groups -OCH3 is 1. The minimum atomic E-state index is 0.236. The lowest BCUT2D eigenvalue weighted by molar-refractivity contribution is 0.0504. The van der Waals surface area contributed by atoms with Gasteiger partial charge in [0.1, 0.15) is 5.75 Å². The summed E-state index contributed by atoms with van der Waals surface area (Å²) in [6, 6.07) is 13.1. The van der Waals surface area contributed by atoms with Crippen LogP contribution in [0.25, 0.3) is 5.57 Å². The zero-order valence-electron chi connectivity index (χ0n) is 15.7. The molecule has 0 bridgehead atoms. The molecule has 2 rings (SSSR count). The van der Waals surface area contributed by atoms with E-state index in [0.717, 1.165) is 28.9 Å². The van der Waals surface area contributed by atoms with Crippen molar-refractivity contribution in [2.45, 2.75) is 40.0 Å². The van der Waals surface area contributed by atoms with Crippen LogP contribution in [0.3, 0.4) is 0 Å². The van der Waals surface area contributed by atoms with Crippen LogP contribution < -0.4 is 4.74 Å². The van der Waals surface area contributed by atoms with Crippen LogP contribution in [0.1, 0.15) is 54.5 Å². The van der Waals surface area contributed by atoms with Crippen molar-refractivity contribution in [3.63, 3.8) is 0 Å². The van der Waals surface area contributed by atoms with E-state index < -0.39 is 0 Å². The first-order valence-electron chi connectivity index (χ1n) is 8.68. The van der Waals surface area contributed by atoms with Crippen molar-refractivity contribution in [2.24, 2.45) is 0 Å². The topological polar surface area (TPSA) is 18.5 Å². The van der Waals surface area contributed by atoms with Gasteiger partial charge in [-0.3, -0.25) is 0 Å². The van der Waals surface area contributed by atoms with Crippen LogP contribution in [-0.4, -0.2) is 13.9 Å². The third kappa shape index (κ3) is 4.74. The molecule has 0 heterocycles. The molecule has 0 aromatic heterocycles. The maximum atomic E-state index is 5.93. The van der Waals surface area contributed by atoms with E-state index in [1.807, 2.05) is 4.99 Å². The highest BCUT2D eigenvalue weighted by molar-refractivity contribution is 9.11. The van der Waals surface area contributed by atoms with Crippen molar-refractivity contribution in [3.8, 4) is 5.75 Å². The first-order valence-corrected chi connectivity index (χ1v) is 9.59. The van der Waals surface area contributed by atoms with Crippen LogP contribution in [0, 0.1) is 6.92 Å². The second-order valence-corrected chi connectivity index (χ2v) is 6.95. The van der Waals surface area contributed by atoms with E-state index in [4.69, 9.17) is 9.47 Å². The Morgan fingerprint density at radius 1 is 1.20 bits per heavy atom. The van der Waals surface area contributed by atoms with E-state index in [0.29, 0.717) is 5.92 Å². The summed E-state index contributed by atoms with van der Waals surface area (Å²) < 4.78 is 11.1. The first kappa shape index (κ1) is 19.7. The molecule has 0 spiro atoms. The van der Waals surface area contributed by atoms with Gasteiger partial charge in [-0.15, -0.1) is 0 Å². The van der Waals surface area contributed by atoms with Crippen LogP contribution in [0.4, 0.5) is 0 Å². The fourth-order valence-electron chi connectivity index (χ4n) is 2.88. The molecule has 25 heavy (non-hydrogen) atoms. The summed E-state index contributed by atoms with van der Waals surface area (Å²) in [4.78, 5) is 1.99. The lowest BCUT2D eigenvalue weighted by Crippen LogP contribution is -2.05. The van der Waals surface area contributed by atoms with E-state index >= 15 is 0 Å². The standard InChI is InChI=1S/C22H27BrO2/c1-6-17-8-7-9-18(11-17)21(13-23)20-12-19(15(2)3)10-16(4)22(20)25-14-24-5/h7-13,15H,6,14H2,1-5H3/b21-13+. The van der Waals surface area contributed by atoms with Gasteiger partial charge < -0.3 is 9.47 Å². The SMILES string of the molecule is CCc1cccc(/C(=C\Br)c2cc(C(C)C)cc(C)c2OCOC)c1. The van der Waals surface area contributed by atoms with E-state index in [-0.39, 0.29) is 6.79 Å². The van der Waals surface area contributed by atoms with Crippen molar-refractivity contribution in [3.05, 3.63) is 69.2 Å². The molecule has 0 radical (unpaired) electrons. The molecule has 0 aliphatic heterocycles. The van der Waals surface area contributed by atoms with Gasteiger partial charge >= 0.3 is 0 Å². The van der Waals surface area contributed by atoms with Crippen LogP contribution in [0.15, 0.2) is 41.4 Å². The van der Waals surface area contributed by atoms with Gasteiger partial charge in [0.2, 0.25) is 0 Å². The van der Waals surface area contributed by atoms with Crippen LogP contribution >= 0.6 is 15.9 Å². The van der Waals surface area contributed by atoms with Crippen molar-refractivity contribution >= 4 is 21.5 Å². The summed E-state index contributed by atoms with van der Waals surface area (Å²) >= 11 is 3.58. The van der Waals surface area contributed by atoms with Gasteiger partial charge in [0.15, 0.2) is 6.79 Å². The Morgan fingerprint density at radius 2 is 1.96 bits per heavy atom. The van der Waals surface area contributed by atoms with E-state index in [1.165, 1.54) is 16.7 Å². The van der Waals surface area contributed by atoms with Gasteiger partial charge in [-0.2, -0.15) is 0 Å². The fraction of sp³-hybridized carbons (Fsp3) is 0.364. The summed E-state index contributed by atoms with van der Waals surface area (Å²) in [5, 5.41) is 0. The smallest absolute Gasteiger partial charge is 0.188 e. The summed E-state index contributed by atoms with van der Waals surface area (Å²) in [5.41, 5.74) is 7.13. The Bertz CT molecular complexity index is 748. The van der Waals surface area contributed by atoms with E-state index in [9.17, 15) is 0 Å². The average molecular weight is 403 g/mol. The second kappa shape index (κ2) is 9.21. The molecule has 2 aromatic rings. The summed E-state index contributed by atoms with van der Waals surface area (Å²) in [6.07, 6.45) is 1.02. The third-order valence-corrected chi connectivity index (χ3v) is 4.79. The molecular weight excluding hydrogens is 376 g/mol. The summed E-state index contributed by atoms with van der Waals surface area (Å²) in [5.74, 6) is 1.33. The number of ether oxygens (including phenoxy) is 2. The molecule has 2 aromatic carbocycles.